The van der Waals surface area contributed by atoms with E-state index in [1.165, 1.54) is 6.07 Å². The van der Waals surface area contributed by atoms with Crippen LogP contribution in [0, 0.1) is 18.2 Å². The summed E-state index contributed by atoms with van der Waals surface area (Å²) < 4.78 is 16.5. The number of carbonyl (C=O) groups is 1. The van der Waals surface area contributed by atoms with Gasteiger partial charge in [0, 0.05) is 37.6 Å². The Kier molecular flexibility index (Phi) is 6.69. The van der Waals surface area contributed by atoms with E-state index in [1.807, 2.05) is 27.1 Å². The topological polar surface area (TPSA) is 85.6 Å². The lowest BCUT2D eigenvalue weighted by Gasteiger charge is -2.16. The van der Waals surface area contributed by atoms with Crippen LogP contribution < -0.4 is 5.32 Å². The Morgan fingerprint density at radius 1 is 1.09 bits per heavy atom. The van der Waals surface area contributed by atoms with E-state index in [4.69, 9.17) is 6.42 Å². The standard InChI is InChI=1S/C27H25FN6O/c1-5-27(2,3)24-9-8-22(16-29-24)33-26(35)12-20-7-6-19(11-23(20)28)21-14-30-25(31-15-21)10-18-13-32-34(4)17-18/h1,6-9,11,13-17H,10,12H2,2-4H3,(H,33,35). The first-order valence-electron chi connectivity index (χ1n) is 11.0. The predicted molar refractivity (Wildman–Crippen MR) is 132 cm³/mol. The Bertz CT molecular complexity index is 1380. The van der Waals surface area contributed by atoms with Crippen LogP contribution >= 0.6 is 0 Å². The van der Waals surface area contributed by atoms with E-state index in [1.54, 1.807) is 53.7 Å². The van der Waals surface area contributed by atoms with E-state index in [0.29, 0.717) is 34.6 Å². The molecule has 3 heterocycles. The van der Waals surface area contributed by atoms with Gasteiger partial charge in [-0.25, -0.2) is 14.4 Å². The van der Waals surface area contributed by atoms with Gasteiger partial charge in [-0.05, 0) is 48.7 Å². The minimum Gasteiger partial charge on any atom is -0.324 e. The number of aromatic nitrogens is 5. The third-order valence-corrected chi connectivity index (χ3v) is 5.61. The van der Waals surface area contributed by atoms with Crippen molar-refractivity contribution >= 4 is 11.6 Å². The highest BCUT2D eigenvalue weighted by molar-refractivity contribution is 5.92. The number of pyridine rings is 1. The number of benzene rings is 1. The van der Waals surface area contributed by atoms with Crippen molar-refractivity contribution in [3.63, 3.8) is 0 Å². The number of terminal acetylenes is 1. The quantitative estimate of drug-likeness (QED) is 0.413. The maximum absolute atomic E-state index is 14.8. The highest BCUT2D eigenvalue weighted by atomic mass is 19.1. The number of nitrogens with zero attached hydrogens (tertiary/aromatic N) is 5. The number of anilines is 1. The number of halogens is 1. The van der Waals surface area contributed by atoms with Crippen LogP contribution in [-0.4, -0.2) is 30.6 Å². The van der Waals surface area contributed by atoms with Crippen LogP contribution in [0.4, 0.5) is 10.1 Å². The number of hydrogen-bond donors (Lipinski definition) is 1. The molecule has 0 fully saturated rings. The lowest BCUT2D eigenvalue weighted by molar-refractivity contribution is -0.115. The van der Waals surface area contributed by atoms with Gasteiger partial charge in [-0.3, -0.25) is 14.5 Å². The molecule has 0 bridgehead atoms. The Labute approximate surface area is 203 Å². The zero-order chi connectivity index (χ0) is 25.0. The third-order valence-electron chi connectivity index (χ3n) is 5.61. The molecular formula is C27H25FN6O. The minimum atomic E-state index is -0.502. The molecule has 0 aliphatic carbocycles. The number of hydrogen-bond acceptors (Lipinski definition) is 5. The van der Waals surface area contributed by atoms with Crippen LogP contribution in [0.2, 0.25) is 0 Å². The van der Waals surface area contributed by atoms with Crippen molar-refractivity contribution in [3.05, 3.63) is 89.8 Å². The molecule has 8 heteroatoms. The SMILES string of the molecule is C#CC(C)(C)c1ccc(NC(=O)Cc2ccc(-c3cnc(Cc4cnn(C)c4)nc3)cc2F)cn1. The Morgan fingerprint density at radius 2 is 1.86 bits per heavy atom. The lowest BCUT2D eigenvalue weighted by Crippen LogP contribution is -2.18. The zero-order valence-electron chi connectivity index (χ0n) is 19.8. The van der Waals surface area contributed by atoms with Gasteiger partial charge in [0.15, 0.2) is 0 Å². The van der Waals surface area contributed by atoms with Crippen molar-refractivity contribution in [2.24, 2.45) is 7.05 Å². The molecule has 176 valence electrons. The molecule has 3 aromatic heterocycles. The summed E-state index contributed by atoms with van der Waals surface area (Å²) in [7, 11) is 1.85. The fraction of sp³-hybridized carbons (Fsp3) is 0.222. The summed E-state index contributed by atoms with van der Waals surface area (Å²) in [5, 5.41) is 6.88. The van der Waals surface area contributed by atoms with Gasteiger partial charge in [-0.2, -0.15) is 5.10 Å². The second-order valence-electron chi connectivity index (χ2n) is 8.82. The van der Waals surface area contributed by atoms with E-state index in [0.717, 1.165) is 11.3 Å². The largest absolute Gasteiger partial charge is 0.324 e. The van der Waals surface area contributed by atoms with E-state index >= 15 is 0 Å². The highest BCUT2D eigenvalue weighted by Gasteiger charge is 2.18. The molecular weight excluding hydrogens is 443 g/mol. The number of carbonyl (C=O) groups excluding carboxylic acids is 1. The van der Waals surface area contributed by atoms with Crippen molar-refractivity contribution in [1.82, 2.24) is 24.7 Å². The molecule has 0 unspecified atom stereocenters. The first kappa shape index (κ1) is 23.8. The zero-order valence-corrected chi connectivity index (χ0v) is 19.8. The summed E-state index contributed by atoms with van der Waals surface area (Å²) in [6.07, 6.45) is 14.6. The van der Waals surface area contributed by atoms with Gasteiger partial charge in [0.1, 0.15) is 11.6 Å². The molecule has 35 heavy (non-hydrogen) atoms. The smallest absolute Gasteiger partial charge is 0.228 e. The second kappa shape index (κ2) is 9.85. The van der Waals surface area contributed by atoms with E-state index in [9.17, 15) is 9.18 Å². The minimum absolute atomic E-state index is 0.107. The summed E-state index contributed by atoms with van der Waals surface area (Å²) in [5.74, 6) is 2.52. The van der Waals surface area contributed by atoms with Gasteiger partial charge in [0.05, 0.1) is 35.6 Å². The van der Waals surface area contributed by atoms with Crippen LogP contribution in [0.5, 0.6) is 0 Å². The summed E-state index contributed by atoms with van der Waals surface area (Å²) >= 11 is 0. The van der Waals surface area contributed by atoms with Crippen molar-refractivity contribution in [3.8, 4) is 23.5 Å². The molecule has 1 amide bonds. The second-order valence-corrected chi connectivity index (χ2v) is 8.82. The number of rotatable bonds is 7. The van der Waals surface area contributed by atoms with Gasteiger partial charge >= 0.3 is 0 Å². The highest BCUT2D eigenvalue weighted by Crippen LogP contribution is 2.23. The van der Waals surface area contributed by atoms with Gasteiger partial charge in [-0.15, -0.1) is 6.42 Å². The Morgan fingerprint density at radius 3 is 2.46 bits per heavy atom. The molecule has 1 N–H and O–H groups in total. The number of nitrogens with one attached hydrogen (secondary N) is 1. The maximum Gasteiger partial charge on any atom is 0.228 e. The van der Waals surface area contributed by atoms with E-state index < -0.39 is 11.2 Å². The predicted octanol–water partition coefficient (Wildman–Crippen LogP) is 4.09. The summed E-state index contributed by atoms with van der Waals surface area (Å²) in [4.78, 5) is 25.5. The van der Waals surface area contributed by atoms with Gasteiger partial charge in [-0.1, -0.05) is 18.1 Å². The first-order valence-corrected chi connectivity index (χ1v) is 11.0. The summed E-state index contributed by atoms with van der Waals surface area (Å²) in [6.45, 7) is 3.78. The monoisotopic (exact) mass is 468 g/mol. The molecule has 1 aromatic carbocycles. The molecule has 0 saturated carbocycles. The molecule has 0 radical (unpaired) electrons. The number of aryl methyl sites for hydroxylation is 1. The Balaban J connectivity index is 1.39. The van der Waals surface area contributed by atoms with Crippen LogP contribution in [-0.2, 0) is 30.1 Å². The molecule has 0 aliphatic heterocycles. The third kappa shape index (κ3) is 5.76. The summed E-state index contributed by atoms with van der Waals surface area (Å²) in [6, 6.07) is 8.25. The summed E-state index contributed by atoms with van der Waals surface area (Å²) in [5.41, 5.74) is 3.38. The molecule has 4 rings (SSSR count). The first-order chi connectivity index (χ1) is 16.7. The van der Waals surface area contributed by atoms with E-state index in [2.05, 4.69) is 31.3 Å². The molecule has 0 atom stereocenters. The van der Waals surface area contributed by atoms with Crippen LogP contribution in [0.25, 0.3) is 11.1 Å². The molecule has 4 aromatic rings. The molecule has 0 saturated heterocycles. The number of amides is 1. The fourth-order valence-corrected chi connectivity index (χ4v) is 3.50. The lowest BCUT2D eigenvalue weighted by atomic mass is 9.90. The Hall–Kier alpha value is -4.38. The van der Waals surface area contributed by atoms with Crippen molar-refractivity contribution in [2.75, 3.05) is 5.32 Å². The van der Waals surface area contributed by atoms with Crippen molar-refractivity contribution in [1.29, 1.82) is 0 Å². The average molecular weight is 469 g/mol. The van der Waals surface area contributed by atoms with Crippen molar-refractivity contribution < 1.29 is 9.18 Å². The van der Waals surface area contributed by atoms with Crippen molar-refractivity contribution in [2.45, 2.75) is 32.1 Å². The molecule has 0 spiro atoms. The van der Waals surface area contributed by atoms with Crippen LogP contribution in [0.1, 0.15) is 36.5 Å². The van der Waals surface area contributed by atoms with Gasteiger partial charge in [0.2, 0.25) is 5.91 Å². The van der Waals surface area contributed by atoms with Crippen LogP contribution in [0.15, 0.2) is 61.3 Å². The normalized spacial score (nSPS) is 11.2. The van der Waals surface area contributed by atoms with Crippen LogP contribution in [0.3, 0.4) is 0 Å². The van der Waals surface area contributed by atoms with Gasteiger partial charge < -0.3 is 5.32 Å². The maximum atomic E-state index is 14.8. The van der Waals surface area contributed by atoms with Gasteiger partial charge in [0.25, 0.3) is 0 Å². The molecule has 7 nitrogen and oxygen atoms in total. The van der Waals surface area contributed by atoms with E-state index in [-0.39, 0.29) is 12.3 Å². The average Bonchev–Trinajstić information content (AvgIpc) is 3.25. The molecule has 0 aliphatic rings. The fourth-order valence-electron chi connectivity index (χ4n) is 3.50.